The molecule has 1 aliphatic carbocycles. The van der Waals surface area contributed by atoms with E-state index in [4.69, 9.17) is 0 Å². The van der Waals surface area contributed by atoms with E-state index in [9.17, 15) is 0 Å². The van der Waals surface area contributed by atoms with Crippen molar-refractivity contribution in [1.29, 1.82) is 0 Å². The molecule has 66 valence electrons. The summed E-state index contributed by atoms with van der Waals surface area (Å²) in [5.74, 6) is 0. The molecule has 0 aromatic carbocycles. The molecule has 12 heavy (non-hydrogen) atoms. The summed E-state index contributed by atoms with van der Waals surface area (Å²) in [6, 6.07) is 0. The maximum absolute atomic E-state index is 4.18. The summed E-state index contributed by atoms with van der Waals surface area (Å²) < 4.78 is 0. The predicted octanol–water partition coefficient (Wildman–Crippen LogP) is 2.06. The number of hydrogen-bond donors (Lipinski definition) is 1. The number of hydrogen-bond acceptors (Lipinski definition) is 1. The van der Waals surface area contributed by atoms with Crippen LogP contribution in [0.25, 0.3) is 0 Å². The van der Waals surface area contributed by atoms with Gasteiger partial charge in [-0.1, -0.05) is 6.92 Å². The normalized spacial score (nSPS) is 16.2. The average molecular weight is 182 g/mol. The van der Waals surface area contributed by atoms with Crippen molar-refractivity contribution < 1.29 is 5.73 Å². The van der Waals surface area contributed by atoms with E-state index in [0.29, 0.717) is 0 Å². The first-order valence-corrected chi connectivity index (χ1v) is 5.60. The maximum atomic E-state index is 4.18. The molecule has 0 atom stereocenters. The summed E-state index contributed by atoms with van der Waals surface area (Å²) in [6.07, 6.45) is 6.51. The molecule has 1 nitrogen and oxygen atoms in total. The molecule has 0 aliphatic heterocycles. The van der Waals surface area contributed by atoms with E-state index >= 15 is 0 Å². The third kappa shape index (κ3) is 1.19. The lowest BCUT2D eigenvalue weighted by atomic mass is 9.97. The molecule has 0 radical (unpaired) electrons. The van der Waals surface area contributed by atoms with Crippen molar-refractivity contribution in [3.05, 3.63) is 15.3 Å². The number of thiophene rings is 1. The van der Waals surface area contributed by atoms with Gasteiger partial charge in [0, 0.05) is 10.4 Å². The first kappa shape index (κ1) is 8.27. The van der Waals surface area contributed by atoms with E-state index in [2.05, 4.69) is 12.7 Å². The van der Waals surface area contributed by atoms with Gasteiger partial charge in [-0.25, -0.2) is 0 Å². The van der Waals surface area contributed by atoms with E-state index < -0.39 is 0 Å². The zero-order chi connectivity index (χ0) is 8.55. The minimum Gasteiger partial charge on any atom is -0.324 e. The first-order chi connectivity index (χ1) is 5.83. The molecule has 0 unspecified atom stereocenters. The van der Waals surface area contributed by atoms with Crippen LogP contribution in [0.2, 0.25) is 0 Å². The summed E-state index contributed by atoms with van der Waals surface area (Å²) in [6.45, 7) is 2.23. The maximum Gasteiger partial charge on any atom is 0.145 e. The fourth-order valence-corrected chi connectivity index (χ4v) is 3.26. The zero-order valence-corrected chi connectivity index (χ0v) is 8.47. The van der Waals surface area contributed by atoms with E-state index in [0.717, 1.165) is 6.42 Å². The van der Waals surface area contributed by atoms with Gasteiger partial charge in [-0.05, 0) is 32.1 Å². The van der Waals surface area contributed by atoms with Gasteiger partial charge in [-0.3, -0.25) is 0 Å². The second-order valence-corrected chi connectivity index (χ2v) is 4.66. The van der Waals surface area contributed by atoms with E-state index in [1.165, 1.54) is 36.2 Å². The van der Waals surface area contributed by atoms with Crippen LogP contribution >= 0.6 is 11.3 Å². The number of fused-ring (bicyclic) bond motifs is 1. The van der Waals surface area contributed by atoms with Crippen molar-refractivity contribution in [2.45, 2.75) is 39.0 Å². The Morgan fingerprint density at radius 1 is 1.33 bits per heavy atom. The molecule has 3 N–H and O–H groups in total. The molecule has 0 bridgehead atoms. The lowest BCUT2D eigenvalue weighted by molar-refractivity contribution is -0.256. The highest BCUT2D eigenvalue weighted by molar-refractivity contribution is 7.12. The molecule has 0 saturated heterocycles. The van der Waals surface area contributed by atoms with Gasteiger partial charge in [0.25, 0.3) is 0 Å². The molecule has 2 heteroatoms. The van der Waals surface area contributed by atoms with Gasteiger partial charge in [-0.2, -0.15) is 0 Å². The van der Waals surface area contributed by atoms with Crippen molar-refractivity contribution in [1.82, 2.24) is 0 Å². The highest BCUT2D eigenvalue weighted by Crippen LogP contribution is 2.35. The Hall–Kier alpha value is -0.340. The quantitative estimate of drug-likeness (QED) is 0.688. The summed E-state index contributed by atoms with van der Waals surface area (Å²) in [5.41, 5.74) is 7.12. The van der Waals surface area contributed by atoms with Crippen molar-refractivity contribution in [2.24, 2.45) is 0 Å². The van der Waals surface area contributed by atoms with Crippen LogP contribution in [0.4, 0.5) is 5.69 Å². The third-order valence-corrected chi connectivity index (χ3v) is 4.16. The highest BCUT2D eigenvalue weighted by atomic mass is 32.1. The molecule has 0 amide bonds. The SMILES string of the molecule is CCc1sc2c(c1[NH3+])CCCC2. The smallest absolute Gasteiger partial charge is 0.145 e. The van der Waals surface area contributed by atoms with Gasteiger partial charge in [0.2, 0.25) is 0 Å². The van der Waals surface area contributed by atoms with Gasteiger partial charge >= 0.3 is 0 Å². The van der Waals surface area contributed by atoms with Gasteiger partial charge < -0.3 is 5.73 Å². The highest BCUT2D eigenvalue weighted by Gasteiger charge is 2.19. The van der Waals surface area contributed by atoms with E-state index in [1.54, 1.807) is 10.4 Å². The van der Waals surface area contributed by atoms with Crippen LogP contribution in [-0.4, -0.2) is 0 Å². The van der Waals surface area contributed by atoms with Gasteiger partial charge in [-0.15, -0.1) is 11.3 Å². The molecule has 1 heterocycles. The minimum atomic E-state index is 1.16. The Kier molecular flexibility index (Phi) is 2.20. The van der Waals surface area contributed by atoms with E-state index in [-0.39, 0.29) is 0 Å². The molecule has 0 spiro atoms. The van der Waals surface area contributed by atoms with Crippen LogP contribution in [0.3, 0.4) is 0 Å². The molecule has 0 saturated carbocycles. The first-order valence-electron chi connectivity index (χ1n) is 4.78. The van der Waals surface area contributed by atoms with Crippen LogP contribution in [0, 0.1) is 0 Å². The van der Waals surface area contributed by atoms with Crippen LogP contribution < -0.4 is 5.73 Å². The third-order valence-electron chi connectivity index (χ3n) is 2.69. The summed E-state index contributed by atoms with van der Waals surface area (Å²) in [7, 11) is 0. The predicted molar refractivity (Wildman–Crippen MR) is 52.9 cm³/mol. The van der Waals surface area contributed by atoms with Crippen LogP contribution in [0.5, 0.6) is 0 Å². The Morgan fingerprint density at radius 3 is 2.75 bits per heavy atom. The van der Waals surface area contributed by atoms with Gasteiger partial charge in [0.05, 0.1) is 4.88 Å². The second-order valence-electron chi connectivity index (χ2n) is 3.47. The fraction of sp³-hybridized carbons (Fsp3) is 0.600. The fourth-order valence-electron chi connectivity index (χ4n) is 1.97. The van der Waals surface area contributed by atoms with Crippen LogP contribution in [-0.2, 0) is 19.3 Å². The topological polar surface area (TPSA) is 27.6 Å². The monoisotopic (exact) mass is 182 g/mol. The number of rotatable bonds is 1. The summed E-state index contributed by atoms with van der Waals surface area (Å²) >= 11 is 2.00. The molecule has 1 aliphatic rings. The molecular formula is C10H16NS+. The van der Waals surface area contributed by atoms with Crippen molar-refractivity contribution in [3.63, 3.8) is 0 Å². The van der Waals surface area contributed by atoms with Gasteiger partial charge in [0.15, 0.2) is 0 Å². The van der Waals surface area contributed by atoms with Crippen molar-refractivity contribution >= 4 is 17.0 Å². The summed E-state index contributed by atoms with van der Waals surface area (Å²) in [5, 5.41) is 0. The van der Waals surface area contributed by atoms with Crippen molar-refractivity contribution in [2.75, 3.05) is 0 Å². The van der Waals surface area contributed by atoms with E-state index in [1.807, 2.05) is 11.3 Å². The Labute approximate surface area is 77.6 Å². The lowest BCUT2D eigenvalue weighted by Gasteiger charge is -2.08. The number of quaternary nitrogens is 1. The average Bonchev–Trinajstić information content (AvgIpc) is 2.44. The van der Waals surface area contributed by atoms with Crippen LogP contribution in [0.15, 0.2) is 0 Å². The molecule has 2 rings (SSSR count). The zero-order valence-electron chi connectivity index (χ0n) is 7.65. The summed E-state index contributed by atoms with van der Waals surface area (Å²) in [4.78, 5) is 3.14. The molecule has 1 aromatic rings. The Morgan fingerprint density at radius 2 is 2.08 bits per heavy atom. The standard InChI is InChI=1S/C10H15NS/c1-2-8-10(11)7-5-3-4-6-9(7)12-8/h2-6,11H2,1H3/p+1. The lowest BCUT2D eigenvalue weighted by Crippen LogP contribution is -2.42. The molecular weight excluding hydrogens is 166 g/mol. The second kappa shape index (κ2) is 3.19. The molecule has 0 fully saturated rings. The largest absolute Gasteiger partial charge is 0.324 e. The van der Waals surface area contributed by atoms with Crippen LogP contribution in [0.1, 0.15) is 35.1 Å². The number of aryl methyl sites for hydroxylation is 2. The van der Waals surface area contributed by atoms with Crippen molar-refractivity contribution in [3.8, 4) is 0 Å². The molecule has 1 aromatic heterocycles. The van der Waals surface area contributed by atoms with Gasteiger partial charge in [0.1, 0.15) is 5.69 Å². The Bertz CT molecular complexity index is 288. The Balaban J connectivity index is 2.44. The minimum absolute atomic E-state index is 1.16.